The molecular weight excluding hydrogens is 326 g/mol. The van der Waals surface area contributed by atoms with Crippen LogP contribution in [0, 0.1) is 0 Å². The van der Waals surface area contributed by atoms with Crippen molar-refractivity contribution in [2.24, 2.45) is 0 Å². The largest absolute Gasteiger partial charge is 0.469 e. The average Bonchev–Trinajstić information content (AvgIpc) is 2.98. The van der Waals surface area contributed by atoms with E-state index in [4.69, 9.17) is 4.42 Å². The summed E-state index contributed by atoms with van der Waals surface area (Å²) in [6, 6.07) is 9.98. The van der Waals surface area contributed by atoms with Crippen LogP contribution in [0.25, 0.3) is 0 Å². The topological polar surface area (TPSA) is 57.5 Å². The Morgan fingerprint density at radius 1 is 1.04 bits per heavy atom. The Hall–Kier alpha value is -2.43. The van der Waals surface area contributed by atoms with Crippen molar-refractivity contribution in [3.8, 4) is 0 Å². The lowest BCUT2D eigenvalue weighted by Gasteiger charge is -2.26. The monoisotopic (exact) mass is 353 g/mol. The SMILES string of the molecule is O=C(Nc1ccccc1N1CCCCCC1)NC1CCCc2occc21. The normalized spacial score (nSPS) is 20.2. The van der Waals surface area contributed by atoms with Crippen molar-refractivity contribution in [1.29, 1.82) is 0 Å². The van der Waals surface area contributed by atoms with Crippen LogP contribution < -0.4 is 15.5 Å². The molecule has 0 bridgehead atoms. The van der Waals surface area contributed by atoms with E-state index in [0.717, 1.165) is 55.1 Å². The van der Waals surface area contributed by atoms with E-state index >= 15 is 0 Å². The molecule has 4 rings (SSSR count). The average molecular weight is 353 g/mol. The van der Waals surface area contributed by atoms with E-state index in [-0.39, 0.29) is 12.1 Å². The Bertz CT molecular complexity index is 747. The summed E-state index contributed by atoms with van der Waals surface area (Å²) in [6.45, 7) is 2.11. The maximum absolute atomic E-state index is 12.6. The Morgan fingerprint density at radius 3 is 2.69 bits per heavy atom. The van der Waals surface area contributed by atoms with Gasteiger partial charge in [-0.3, -0.25) is 0 Å². The minimum Gasteiger partial charge on any atom is -0.469 e. The van der Waals surface area contributed by atoms with Crippen molar-refractivity contribution in [3.05, 3.63) is 47.9 Å². The summed E-state index contributed by atoms with van der Waals surface area (Å²) in [5.74, 6) is 1.01. The summed E-state index contributed by atoms with van der Waals surface area (Å²) in [5.41, 5.74) is 3.12. The molecule has 1 fully saturated rings. The number of hydrogen-bond donors (Lipinski definition) is 2. The summed E-state index contributed by atoms with van der Waals surface area (Å²) >= 11 is 0. The number of furan rings is 1. The minimum atomic E-state index is -0.147. The van der Waals surface area contributed by atoms with Gasteiger partial charge in [-0.15, -0.1) is 0 Å². The molecular formula is C21H27N3O2. The number of nitrogens with zero attached hydrogens (tertiary/aromatic N) is 1. The predicted molar refractivity (Wildman–Crippen MR) is 104 cm³/mol. The number of hydrogen-bond acceptors (Lipinski definition) is 3. The van der Waals surface area contributed by atoms with E-state index < -0.39 is 0 Å². The fourth-order valence-corrected chi connectivity index (χ4v) is 4.12. The molecule has 1 unspecified atom stereocenters. The molecule has 5 heteroatoms. The Kier molecular flexibility index (Phi) is 5.14. The molecule has 2 aliphatic rings. The fourth-order valence-electron chi connectivity index (χ4n) is 4.12. The molecule has 2 amide bonds. The molecule has 2 N–H and O–H groups in total. The molecule has 0 spiro atoms. The number of fused-ring (bicyclic) bond motifs is 1. The van der Waals surface area contributed by atoms with E-state index in [0.29, 0.717) is 0 Å². The highest BCUT2D eigenvalue weighted by molar-refractivity contribution is 5.93. The number of carbonyl (C=O) groups is 1. The summed E-state index contributed by atoms with van der Waals surface area (Å²) in [5, 5.41) is 6.20. The van der Waals surface area contributed by atoms with Gasteiger partial charge in [-0.2, -0.15) is 0 Å². The van der Waals surface area contributed by atoms with Gasteiger partial charge < -0.3 is 20.0 Å². The highest BCUT2D eigenvalue weighted by Gasteiger charge is 2.24. The van der Waals surface area contributed by atoms with Crippen LogP contribution in [0.5, 0.6) is 0 Å². The number of benzene rings is 1. The van der Waals surface area contributed by atoms with Crippen LogP contribution in [0.4, 0.5) is 16.2 Å². The molecule has 1 aromatic heterocycles. The second kappa shape index (κ2) is 7.85. The smallest absolute Gasteiger partial charge is 0.319 e. The number of rotatable bonds is 3. The standard InChI is InChI=1S/C21H27N3O2/c25-21(22-17-9-7-11-20-16(17)12-15-26-20)23-18-8-3-4-10-19(18)24-13-5-1-2-6-14-24/h3-4,8,10,12,15,17H,1-2,5-7,9,11,13-14H2,(H2,22,23,25). The van der Waals surface area contributed by atoms with Gasteiger partial charge in [0.05, 0.1) is 23.7 Å². The van der Waals surface area contributed by atoms with E-state index in [1.165, 1.54) is 25.7 Å². The second-order valence-corrected chi connectivity index (χ2v) is 7.26. The number of nitrogens with one attached hydrogen (secondary N) is 2. The Labute approximate surface area is 154 Å². The van der Waals surface area contributed by atoms with Gasteiger partial charge in [-0.1, -0.05) is 25.0 Å². The van der Waals surface area contributed by atoms with Crippen molar-refractivity contribution in [2.75, 3.05) is 23.3 Å². The lowest BCUT2D eigenvalue weighted by molar-refractivity contribution is 0.246. The van der Waals surface area contributed by atoms with Crippen LogP contribution in [-0.4, -0.2) is 19.1 Å². The molecule has 1 aliphatic heterocycles. The Balaban J connectivity index is 1.45. The molecule has 1 saturated heterocycles. The van der Waals surface area contributed by atoms with Crippen molar-refractivity contribution in [3.63, 3.8) is 0 Å². The van der Waals surface area contributed by atoms with E-state index in [2.05, 4.69) is 21.6 Å². The van der Waals surface area contributed by atoms with Crippen molar-refractivity contribution in [2.45, 2.75) is 51.0 Å². The van der Waals surface area contributed by atoms with Gasteiger partial charge in [0.1, 0.15) is 5.76 Å². The zero-order valence-electron chi connectivity index (χ0n) is 15.2. The van der Waals surface area contributed by atoms with Crippen LogP contribution in [-0.2, 0) is 6.42 Å². The first-order chi connectivity index (χ1) is 12.8. The molecule has 5 nitrogen and oxygen atoms in total. The van der Waals surface area contributed by atoms with Gasteiger partial charge >= 0.3 is 6.03 Å². The predicted octanol–water partition coefficient (Wildman–Crippen LogP) is 4.86. The first kappa shape index (κ1) is 17.0. The molecule has 0 radical (unpaired) electrons. The maximum atomic E-state index is 12.6. The minimum absolute atomic E-state index is 0.0304. The third-order valence-electron chi connectivity index (χ3n) is 5.46. The van der Waals surface area contributed by atoms with Crippen molar-refractivity contribution < 1.29 is 9.21 Å². The van der Waals surface area contributed by atoms with Crippen LogP contribution in [0.3, 0.4) is 0 Å². The van der Waals surface area contributed by atoms with Gasteiger partial charge in [-0.25, -0.2) is 4.79 Å². The van der Waals surface area contributed by atoms with Crippen LogP contribution in [0.1, 0.15) is 55.9 Å². The number of aryl methyl sites for hydroxylation is 1. The molecule has 2 aromatic rings. The van der Waals surface area contributed by atoms with Crippen molar-refractivity contribution >= 4 is 17.4 Å². The third-order valence-corrected chi connectivity index (χ3v) is 5.46. The molecule has 2 heterocycles. The van der Waals surface area contributed by atoms with Crippen molar-refractivity contribution in [1.82, 2.24) is 5.32 Å². The third kappa shape index (κ3) is 3.71. The summed E-state index contributed by atoms with van der Waals surface area (Å²) in [7, 11) is 0. The Morgan fingerprint density at radius 2 is 1.85 bits per heavy atom. The van der Waals surface area contributed by atoms with Crippen LogP contribution in [0.15, 0.2) is 41.0 Å². The lowest BCUT2D eigenvalue weighted by atomic mass is 9.93. The van der Waals surface area contributed by atoms with E-state index in [1.54, 1.807) is 6.26 Å². The molecule has 1 aliphatic carbocycles. The lowest BCUT2D eigenvalue weighted by Crippen LogP contribution is -2.34. The number of carbonyl (C=O) groups excluding carboxylic acids is 1. The molecule has 1 atom stereocenters. The van der Waals surface area contributed by atoms with Gasteiger partial charge in [0, 0.05) is 25.1 Å². The van der Waals surface area contributed by atoms with Gasteiger partial charge in [0.15, 0.2) is 0 Å². The van der Waals surface area contributed by atoms with Gasteiger partial charge in [0.2, 0.25) is 0 Å². The first-order valence-electron chi connectivity index (χ1n) is 9.79. The summed E-state index contributed by atoms with van der Waals surface area (Å²) in [4.78, 5) is 15.0. The van der Waals surface area contributed by atoms with E-state index in [9.17, 15) is 4.79 Å². The molecule has 0 saturated carbocycles. The molecule has 26 heavy (non-hydrogen) atoms. The maximum Gasteiger partial charge on any atom is 0.319 e. The molecule has 138 valence electrons. The summed E-state index contributed by atoms with van der Waals surface area (Å²) in [6.07, 6.45) is 9.68. The fraction of sp³-hybridized carbons (Fsp3) is 0.476. The zero-order valence-corrected chi connectivity index (χ0v) is 15.2. The quantitative estimate of drug-likeness (QED) is 0.828. The van der Waals surface area contributed by atoms with Gasteiger partial charge in [0.25, 0.3) is 0 Å². The highest BCUT2D eigenvalue weighted by atomic mass is 16.3. The van der Waals surface area contributed by atoms with E-state index in [1.807, 2.05) is 24.3 Å². The number of amides is 2. The van der Waals surface area contributed by atoms with Crippen LogP contribution in [0.2, 0.25) is 0 Å². The van der Waals surface area contributed by atoms with Gasteiger partial charge in [-0.05, 0) is 43.9 Å². The highest BCUT2D eigenvalue weighted by Crippen LogP contribution is 2.31. The number of para-hydroxylation sites is 2. The summed E-state index contributed by atoms with van der Waals surface area (Å²) < 4.78 is 5.52. The second-order valence-electron chi connectivity index (χ2n) is 7.26. The first-order valence-corrected chi connectivity index (χ1v) is 9.79. The zero-order chi connectivity index (χ0) is 17.8. The number of urea groups is 1. The number of anilines is 2. The van der Waals surface area contributed by atoms with Crippen LogP contribution >= 0.6 is 0 Å². The molecule has 1 aromatic carbocycles.